The molecule has 0 aliphatic carbocycles. The van der Waals surface area contributed by atoms with Crippen LogP contribution in [-0.2, 0) is 23.0 Å². The lowest BCUT2D eigenvalue weighted by molar-refractivity contribution is 0.0954. The van der Waals surface area contributed by atoms with Gasteiger partial charge in [0, 0.05) is 25.2 Å². The van der Waals surface area contributed by atoms with Crippen LogP contribution in [0.15, 0.2) is 53.4 Å². The Balaban J connectivity index is 1.39. The quantitative estimate of drug-likeness (QED) is 0.829. The summed E-state index contributed by atoms with van der Waals surface area (Å²) < 4.78 is 26.8. The molecule has 4 rings (SSSR count). The maximum Gasteiger partial charge on any atom is 0.244 e. The van der Waals surface area contributed by atoms with E-state index in [0.29, 0.717) is 12.1 Å². The fourth-order valence-electron chi connectivity index (χ4n) is 3.81. The molecule has 0 N–H and O–H groups in total. The molecule has 2 aliphatic heterocycles. The maximum atomic E-state index is 12.8. The van der Waals surface area contributed by atoms with Crippen molar-refractivity contribution in [3.63, 3.8) is 0 Å². The first-order valence-electron chi connectivity index (χ1n) is 8.97. The van der Waals surface area contributed by atoms with E-state index < -0.39 is 10.0 Å². The van der Waals surface area contributed by atoms with Crippen LogP contribution >= 0.6 is 0 Å². The lowest BCUT2D eigenvalue weighted by atomic mass is 10.00. The maximum absolute atomic E-state index is 12.8. The van der Waals surface area contributed by atoms with Crippen molar-refractivity contribution in [3.8, 4) is 0 Å². The van der Waals surface area contributed by atoms with Gasteiger partial charge in [-0.3, -0.25) is 9.69 Å². The fraction of sp³-hybridized carbons (Fsp3) is 0.350. The minimum atomic E-state index is -3.57. The number of benzene rings is 2. The van der Waals surface area contributed by atoms with Gasteiger partial charge >= 0.3 is 0 Å². The highest BCUT2D eigenvalue weighted by molar-refractivity contribution is 7.89. The summed E-state index contributed by atoms with van der Waals surface area (Å²) in [6.45, 7) is 3.05. The van der Waals surface area contributed by atoms with E-state index in [4.69, 9.17) is 0 Å². The summed E-state index contributed by atoms with van der Waals surface area (Å²) in [5, 5.41) is 0. The molecule has 0 aromatic heterocycles. The first-order chi connectivity index (χ1) is 12.6. The Hall–Kier alpha value is -2.02. The number of rotatable bonds is 4. The van der Waals surface area contributed by atoms with Crippen molar-refractivity contribution >= 4 is 15.8 Å². The van der Waals surface area contributed by atoms with Crippen LogP contribution in [0.5, 0.6) is 0 Å². The van der Waals surface area contributed by atoms with Crippen molar-refractivity contribution < 1.29 is 13.2 Å². The zero-order chi connectivity index (χ0) is 18.1. The molecule has 0 saturated carbocycles. The Morgan fingerprint density at radius 1 is 0.885 bits per heavy atom. The number of carbonyl (C=O) groups excluding carboxylic acids is 1. The third-order valence-corrected chi connectivity index (χ3v) is 7.12. The second kappa shape index (κ2) is 6.95. The molecule has 2 aromatic rings. The molecular formula is C20H22N2O3S. The third kappa shape index (κ3) is 3.20. The molecule has 0 amide bonds. The average Bonchev–Trinajstić information content (AvgIpc) is 2.66. The number of sulfonamides is 1. The molecule has 0 radical (unpaired) electrons. The van der Waals surface area contributed by atoms with Crippen molar-refractivity contribution in [2.75, 3.05) is 26.2 Å². The Bertz CT molecular complexity index is 940. The number of fused-ring (bicyclic) bond motifs is 2. The Labute approximate surface area is 154 Å². The van der Waals surface area contributed by atoms with Gasteiger partial charge in [0.1, 0.15) is 0 Å². The van der Waals surface area contributed by atoms with Crippen LogP contribution in [0, 0.1) is 0 Å². The number of hydrogen-bond acceptors (Lipinski definition) is 4. The largest absolute Gasteiger partial charge is 0.299 e. The minimum absolute atomic E-state index is 0.0534. The first kappa shape index (κ1) is 17.4. The minimum Gasteiger partial charge on any atom is -0.299 e. The highest BCUT2D eigenvalue weighted by Crippen LogP contribution is 2.26. The van der Waals surface area contributed by atoms with Gasteiger partial charge in [-0.15, -0.1) is 0 Å². The summed E-state index contributed by atoms with van der Waals surface area (Å²) in [6.07, 6.45) is 1.75. The molecular weight excluding hydrogens is 348 g/mol. The standard InChI is InChI=1S/C20H22N2O3S/c23-19-15-22(26(24,25)20-9-4-3-8-18(19)20)12-5-11-21-13-10-16-6-1-2-7-17(16)14-21/h1-4,6-9H,5,10-15H2. The van der Waals surface area contributed by atoms with E-state index in [2.05, 4.69) is 29.2 Å². The smallest absolute Gasteiger partial charge is 0.244 e. The Kier molecular flexibility index (Phi) is 4.65. The van der Waals surface area contributed by atoms with Crippen molar-refractivity contribution in [1.82, 2.24) is 9.21 Å². The topological polar surface area (TPSA) is 57.7 Å². The molecule has 0 spiro atoms. The molecule has 2 aliphatic rings. The van der Waals surface area contributed by atoms with Gasteiger partial charge in [-0.05, 0) is 42.6 Å². The number of carbonyl (C=O) groups is 1. The van der Waals surface area contributed by atoms with Crippen molar-refractivity contribution in [2.24, 2.45) is 0 Å². The van der Waals surface area contributed by atoms with Gasteiger partial charge in [-0.2, -0.15) is 4.31 Å². The molecule has 136 valence electrons. The lowest BCUT2D eigenvalue weighted by Gasteiger charge is -2.30. The van der Waals surface area contributed by atoms with E-state index in [9.17, 15) is 13.2 Å². The Morgan fingerprint density at radius 2 is 1.62 bits per heavy atom. The molecule has 0 atom stereocenters. The molecule has 5 nitrogen and oxygen atoms in total. The summed E-state index contributed by atoms with van der Waals surface area (Å²) in [5.74, 6) is -0.123. The number of ketones is 1. The zero-order valence-electron chi connectivity index (χ0n) is 14.6. The van der Waals surface area contributed by atoms with E-state index in [0.717, 1.165) is 32.5 Å². The second-order valence-corrected chi connectivity index (χ2v) is 8.81. The SMILES string of the molecule is O=C1CN(CCCN2CCc3ccccc3C2)S(=O)(=O)c2ccccc21. The van der Waals surface area contributed by atoms with Crippen LogP contribution < -0.4 is 0 Å². The summed E-state index contributed by atoms with van der Waals surface area (Å²) in [7, 11) is -3.57. The number of nitrogens with zero attached hydrogens (tertiary/aromatic N) is 2. The van der Waals surface area contributed by atoms with Gasteiger partial charge in [-0.1, -0.05) is 36.4 Å². The zero-order valence-corrected chi connectivity index (χ0v) is 15.4. The van der Waals surface area contributed by atoms with Gasteiger partial charge in [-0.25, -0.2) is 8.42 Å². The van der Waals surface area contributed by atoms with E-state index >= 15 is 0 Å². The molecule has 2 aromatic carbocycles. The predicted octanol–water partition coefficient (Wildman–Crippen LogP) is 2.32. The van der Waals surface area contributed by atoms with E-state index in [1.54, 1.807) is 18.2 Å². The van der Waals surface area contributed by atoms with E-state index in [-0.39, 0.29) is 17.2 Å². The van der Waals surface area contributed by atoms with Crippen LogP contribution in [0.1, 0.15) is 27.9 Å². The lowest BCUT2D eigenvalue weighted by Crippen LogP contribution is -2.42. The molecule has 0 bridgehead atoms. The Morgan fingerprint density at radius 3 is 2.46 bits per heavy atom. The van der Waals surface area contributed by atoms with Crippen molar-refractivity contribution in [2.45, 2.75) is 24.3 Å². The molecule has 6 heteroatoms. The van der Waals surface area contributed by atoms with E-state index in [1.807, 2.05) is 0 Å². The molecule has 0 unspecified atom stereocenters. The van der Waals surface area contributed by atoms with Crippen molar-refractivity contribution in [1.29, 1.82) is 0 Å². The van der Waals surface area contributed by atoms with Gasteiger partial charge in [0.2, 0.25) is 10.0 Å². The van der Waals surface area contributed by atoms with E-state index in [1.165, 1.54) is 21.5 Å². The third-order valence-electron chi connectivity index (χ3n) is 5.22. The van der Waals surface area contributed by atoms with Gasteiger partial charge in [0.25, 0.3) is 0 Å². The van der Waals surface area contributed by atoms with Crippen LogP contribution in [0.2, 0.25) is 0 Å². The van der Waals surface area contributed by atoms with Gasteiger partial charge < -0.3 is 0 Å². The van der Waals surface area contributed by atoms with Crippen LogP contribution in [0.4, 0.5) is 0 Å². The van der Waals surface area contributed by atoms with Crippen LogP contribution in [0.3, 0.4) is 0 Å². The summed E-state index contributed by atoms with van der Waals surface area (Å²) in [4.78, 5) is 14.8. The predicted molar refractivity (Wildman–Crippen MR) is 99.6 cm³/mol. The first-order valence-corrected chi connectivity index (χ1v) is 10.4. The number of hydrogen-bond donors (Lipinski definition) is 0. The van der Waals surface area contributed by atoms with Crippen molar-refractivity contribution in [3.05, 3.63) is 65.2 Å². The average molecular weight is 370 g/mol. The highest BCUT2D eigenvalue weighted by atomic mass is 32.2. The van der Waals surface area contributed by atoms with Gasteiger partial charge in [0.15, 0.2) is 5.78 Å². The fourth-order valence-corrected chi connectivity index (χ4v) is 5.45. The summed E-state index contributed by atoms with van der Waals surface area (Å²) in [5.41, 5.74) is 3.08. The van der Waals surface area contributed by atoms with Crippen LogP contribution in [-0.4, -0.2) is 49.6 Å². The number of Topliss-reactive ketones (excluding diaryl/α,β-unsaturated/α-hetero) is 1. The highest BCUT2D eigenvalue weighted by Gasteiger charge is 2.35. The second-order valence-electron chi connectivity index (χ2n) is 6.91. The summed E-state index contributed by atoms with van der Waals surface area (Å²) in [6, 6.07) is 15.0. The monoisotopic (exact) mass is 370 g/mol. The summed E-state index contributed by atoms with van der Waals surface area (Å²) >= 11 is 0. The molecule has 26 heavy (non-hydrogen) atoms. The van der Waals surface area contributed by atoms with Gasteiger partial charge in [0.05, 0.1) is 11.4 Å². The van der Waals surface area contributed by atoms with Crippen LogP contribution in [0.25, 0.3) is 0 Å². The normalized spacial score (nSPS) is 19.8. The molecule has 2 heterocycles. The molecule has 0 saturated heterocycles. The molecule has 0 fully saturated rings.